The molecule has 0 bridgehead atoms. The zero-order valence-corrected chi connectivity index (χ0v) is 14.4. The number of carbonyl (C=O) groups excluding carboxylic acids is 1. The van der Waals surface area contributed by atoms with E-state index in [-0.39, 0.29) is 24.6 Å². The van der Waals surface area contributed by atoms with Gasteiger partial charge in [-0.25, -0.2) is 4.68 Å². The number of ether oxygens (including phenoxy) is 1. The number of benzene rings is 1. The fourth-order valence-electron chi connectivity index (χ4n) is 2.89. The third-order valence-corrected chi connectivity index (χ3v) is 4.29. The molecular weight excluding hydrogens is 346 g/mol. The predicted molar refractivity (Wildman–Crippen MR) is 91.2 cm³/mol. The Balaban J connectivity index is 1.87. The van der Waals surface area contributed by atoms with E-state index in [2.05, 4.69) is 5.10 Å². The fraction of sp³-hybridized carbons (Fsp3) is 0.353. The van der Waals surface area contributed by atoms with Gasteiger partial charge in [0, 0.05) is 17.3 Å². The number of carbonyl (C=O) groups is 2. The molecule has 1 aromatic heterocycles. The lowest BCUT2D eigenvalue weighted by atomic mass is 10.1. The first kappa shape index (κ1) is 17.4. The average Bonchev–Trinajstić information content (AvgIpc) is 2.96. The molecule has 1 amide bonds. The van der Waals surface area contributed by atoms with Gasteiger partial charge in [-0.15, -0.1) is 0 Å². The largest absolute Gasteiger partial charge is 0.481 e. The highest BCUT2D eigenvalue weighted by Crippen LogP contribution is 2.19. The molecule has 1 fully saturated rings. The van der Waals surface area contributed by atoms with Crippen molar-refractivity contribution in [3.63, 3.8) is 0 Å². The van der Waals surface area contributed by atoms with Gasteiger partial charge in [-0.05, 0) is 31.2 Å². The Morgan fingerprint density at radius 3 is 2.92 bits per heavy atom. The minimum Gasteiger partial charge on any atom is -0.481 e. The van der Waals surface area contributed by atoms with Crippen LogP contribution in [0.4, 0.5) is 0 Å². The summed E-state index contributed by atoms with van der Waals surface area (Å²) in [6.07, 6.45) is -0.153. The molecule has 0 radical (unpaired) electrons. The summed E-state index contributed by atoms with van der Waals surface area (Å²) in [5.41, 5.74) is 1.82. The summed E-state index contributed by atoms with van der Waals surface area (Å²) in [4.78, 5) is 25.4. The van der Waals surface area contributed by atoms with Crippen LogP contribution in [0.2, 0.25) is 5.02 Å². The van der Waals surface area contributed by atoms with Gasteiger partial charge in [0.25, 0.3) is 5.91 Å². The number of morpholine rings is 1. The van der Waals surface area contributed by atoms with E-state index in [1.165, 1.54) is 4.90 Å². The van der Waals surface area contributed by atoms with E-state index in [1.807, 2.05) is 19.1 Å². The zero-order chi connectivity index (χ0) is 18.0. The molecule has 1 N–H and O–H groups in total. The van der Waals surface area contributed by atoms with Crippen molar-refractivity contribution in [3.05, 3.63) is 46.7 Å². The third-order valence-electron chi connectivity index (χ3n) is 4.06. The van der Waals surface area contributed by atoms with Gasteiger partial charge in [0.1, 0.15) is 0 Å². The number of nitrogens with zero attached hydrogens (tertiary/aromatic N) is 3. The summed E-state index contributed by atoms with van der Waals surface area (Å²) in [6, 6.07) is 8.39. The van der Waals surface area contributed by atoms with Gasteiger partial charge >= 0.3 is 5.97 Å². The van der Waals surface area contributed by atoms with E-state index in [0.717, 1.165) is 11.4 Å². The minimum absolute atomic E-state index is 0.153. The zero-order valence-electron chi connectivity index (χ0n) is 13.7. The molecule has 25 heavy (non-hydrogen) atoms. The number of carboxylic acids is 1. The summed E-state index contributed by atoms with van der Waals surface area (Å²) >= 11 is 6.02. The quantitative estimate of drug-likeness (QED) is 0.899. The van der Waals surface area contributed by atoms with Gasteiger partial charge in [-0.1, -0.05) is 17.7 Å². The van der Waals surface area contributed by atoms with Crippen molar-refractivity contribution in [1.82, 2.24) is 14.7 Å². The molecule has 2 heterocycles. The van der Waals surface area contributed by atoms with Crippen LogP contribution in [0.3, 0.4) is 0 Å². The third kappa shape index (κ3) is 3.83. The maximum Gasteiger partial charge on any atom is 0.305 e. The predicted octanol–water partition coefficient (Wildman–Crippen LogP) is 2.15. The molecule has 7 nitrogen and oxygen atoms in total. The number of hydrogen-bond donors (Lipinski definition) is 1. The molecule has 1 unspecified atom stereocenters. The van der Waals surface area contributed by atoms with Crippen molar-refractivity contribution in [3.8, 4) is 5.69 Å². The van der Waals surface area contributed by atoms with Crippen molar-refractivity contribution >= 4 is 23.5 Å². The van der Waals surface area contributed by atoms with Crippen LogP contribution in [0.25, 0.3) is 5.69 Å². The number of carboxylic acid groups (broad SMARTS) is 1. The highest BCUT2D eigenvalue weighted by atomic mass is 35.5. The van der Waals surface area contributed by atoms with Gasteiger partial charge < -0.3 is 14.7 Å². The Labute approximate surface area is 149 Å². The molecule has 8 heteroatoms. The second-order valence-electron chi connectivity index (χ2n) is 5.89. The van der Waals surface area contributed by atoms with Gasteiger partial charge in [0.2, 0.25) is 0 Å². The lowest BCUT2D eigenvalue weighted by Gasteiger charge is -2.34. The van der Waals surface area contributed by atoms with Crippen LogP contribution >= 0.6 is 11.6 Å². The first-order chi connectivity index (χ1) is 12.0. The molecule has 1 atom stereocenters. The number of hydrogen-bond acceptors (Lipinski definition) is 4. The summed E-state index contributed by atoms with van der Waals surface area (Å²) in [7, 11) is 0. The number of aliphatic carboxylic acids is 1. The van der Waals surface area contributed by atoms with Crippen molar-refractivity contribution in [1.29, 1.82) is 0 Å². The van der Waals surface area contributed by atoms with E-state index < -0.39 is 12.0 Å². The summed E-state index contributed by atoms with van der Waals surface area (Å²) in [5.74, 6) is -1.26. The summed E-state index contributed by atoms with van der Waals surface area (Å²) in [5, 5.41) is 14.0. The number of aromatic nitrogens is 2. The molecule has 3 rings (SSSR count). The van der Waals surface area contributed by atoms with Crippen LogP contribution in [-0.2, 0) is 9.53 Å². The van der Waals surface area contributed by atoms with Crippen LogP contribution < -0.4 is 0 Å². The van der Waals surface area contributed by atoms with Gasteiger partial charge in [0.15, 0.2) is 5.69 Å². The molecule has 1 aliphatic rings. The second-order valence-corrected chi connectivity index (χ2v) is 6.32. The van der Waals surface area contributed by atoms with Crippen LogP contribution in [0.15, 0.2) is 30.3 Å². The van der Waals surface area contributed by atoms with Crippen molar-refractivity contribution in [2.24, 2.45) is 0 Å². The molecular formula is C17H18ClN3O4. The average molecular weight is 364 g/mol. The molecule has 132 valence electrons. The molecule has 1 aromatic carbocycles. The number of amides is 1. The minimum atomic E-state index is -0.964. The highest BCUT2D eigenvalue weighted by Gasteiger charge is 2.31. The lowest BCUT2D eigenvalue weighted by molar-refractivity contribution is -0.139. The normalized spacial score (nSPS) is 17.5. The maximum atomic E-state index is 12.8. The topological polar surface area (TPSA) is 84.7 Å². The maximum absolute atomic E-state index is 12.8. The molecule has 0 aliphatic carbocycles. The summed E-state index contributed by atoms with van der Waals surface area (Å²) < 4.78 is 6.96. The van der Waals surface area contributed by atoms with Crippen LogP contribution in [0.5, 0.6) is 0 Å². The van der Waals surface area contributed by atoms with E-state index in [9.17, 15) is 9.59 Å². The van der Waals surface area contributed by atoms with Gasteiger partial charge in [-0.2, -0.15) is 5.10 Å². The van der Waals surface area contributed by atoms with Gasteiger partial charge in [-0.3, -0.25) is 9.59 Å². The van der Waals surface area contributed by atoms with E-state index in [1.54, 1.807) is 22.9 Å². The Morgan fingerprint density at radius 1 is 1.40 bits per heavy atom. The Hall–Kier alpha value is -2.38. The number of halogens is 1. The molecule has 1 saturated heterocycles. The van der Waals surface area contributed by atoms with E-state index >= 15 is 0 Å². The number of rotatable bonds is 4. The van der Waals surface area contributed by atoms with Crippen molar-refractivity contribution in [2.75, 3.05) is 19.8 Å². The molecule has 0 spiro atoms. The van der Waals surface area contributed by atoms with Crippen LogP contribution in [-0.4, -0.2) is 57.5 Å². The first-order valence-corrected chi connectivity index (χ1v) is 8.26. The van der Waals surface area contributed by atoms with Crippen LogP contribution in [0.1, 0.15) is 22.6 Å². The smallest absolute Gasteiger partial charge is 0.305 e. The van der Waals surface area contributed by atoms with Crippen LogP contribution in [0, 0.1) is 6.92 Å². The Morgan fingerprint density at radius 2 is 2.20 bits per heavy atom. The lowest BCUT2D eigenvalue weighted by Crippen LogP contribution is -2.49. The summed E-state index contributed by atoms with van der Waals surface area (Å²) in [6.45, 7) is 2.79. The standard InChI is InChI=1S/C17H18ClN3O4/c1-11-7-15(19-21(11)13-4-2-3-12(18)8-13)17(24)20-5-6-25-10-14(20)9-16(22)23/h2-4,7-8,14H,5-6,9-10H2,1H3,(H,22,23). The van der Waals surface area contributed by atoms with Crippen molar-refractivity contribution in [2.45, 2.75) is 19.4 Å². The van der Waals surface area contributed by atoms with Gasteiger partial charge in [0.05, 0.1) is 31.4 Å². The molecule has 1 aliphatic heterocycles. The van der Waals surface area contributed by atoms with E-state index in [0.29, 0.717) is 18.2 Å². The SMILES string of the molecule is Cc1cc(C(=O)N2CCOCC2CC(=O)O)nn1-c1cccc(Cl)c1. The Bertz CT molecular complexity index is 805. The highest BCUT2D eigenvalue weighted by molar-refractivity contribution is 6.30. The first-order valence-electron chi connectivity index (χ1n) is 7.89. The number of aryl methyl sites for hydroxylation is 1. The van der Waals surface area contributed by atoms with Crippen molar-refractivity contribution < 1.29 is 19.4 Å². The monoisotopic (exact) mass is 363 g/mol. The van der Waals surface area contributed by atoms with E-state index in [4.69, 9.17) is 21.4 Å². The second kappa shape index (κ2) is 7.25. The molecule has 2 aromatic rings. The fourth-order valence-corrected chi connectivity index (χ4v) is 3.07. The Kier molecular flexibility index (Phi) is 5.06. The molecule has 0 saturated carbocycles.